The molecule has 18 heavy (non-hydrogen) atoms. The van der Waals surface area contributed by atoms with Crippen molar-refractivity contribution in [3.05, 3.63) is 67.8 Å². The van der Waals surface area contributed by atoms with Crippen LogP contribution in [-0.4, -0.2) is 11.8 Å². The van der Waals surface area contributed by atoms with Crippen LogP contribution in [0.3, 0.4) is 0 Å². The molecule has 2 nitrogen and oxygen atoms in total. The fraction of sp³-hybridized carbons (Fsp3) is 0.0714. The molecule has 0 saturated heterocycles. The number of carbonyl (C=O) groups is 1. The molecule has 0 spiro atoms. The monoisotopic (exact) mass is 374 g/mol. The summed E-state index contributed by atoms with van der Waals surface area (Å²) in [5, 5.41) is 0. The van der Waals surface area contributed by atoms with Crippen molar-refractivity contribution in [3.8, 4) is 0 Å². The molecule has 4 heteroatoms. The molecule has 0 radical (unpaired) electrons. The van der Waals surface area contributed by atoms with Crippen LogP contribution in [0.25, 0.3) is 0 Å². The molecule has 0 aromatic heterocycles. The molecule has 0 saturated carbocycles. The Morgan fingerprint density at radius 1 is 0.944 bits per heavy atom. The zero-order chi connectivity index (χ0) is 12.8. The van der Waals surface area contributed by atoms with Gasteiger partial charge in [-0.3, -0.25) is 0 Å². The molecule has 0 atom stereocenters. The van der Waals surface area contributed by atoms with Crippen molar-refractivity contribution in [2.24, 2.45) is 0 Å². The van der Waals surface area contributed by atoms with E-state index in [9.17, 15) is 4.79 Å². The average Bonchev–Trinajstić information content (AvgIpc) is 2.46. The summed E-state index contributed by atoms with van der Waals surface area (Å²) in [5.41, 5.74) is 0. The summed E-state index contributed by atoms with van der Waals surface area (Å²) in [6.45, 7) is 0. The number of halogens is 2. The fourth-order valence-electron chi connectivity index (χ4n) is 1.38. The second-order valence-corrected chi connectivity index (χ2v) is 8.04. The number of benzene rings is 2. The van der Waals surface area contributed by atoms with Gasteiger partial charge in [-0.1, -0.05) is 0 Å². The number of carbonyl (C=O) groups excluding carboxylic acids is 1. The molecule has 0 heterocycles. The van der Waals surface area contributed by atoms with E-state index in [4.69, 9.17) is 14.7 Å². The zero-order valence-corrected chi connectivity index (χ0v) is 12.5. The number of hydrogen-bond acceptors (Lipinski definition) is 2. The third kappa shape index (κ3) is 3.46. The van der Waals surface area contributed by atoms with Crippen LogP contribution >= 0.6 is 31.8 Å². The summed E-state index contributed by atoms with van der Waals surface area (Å²) in [7, 11) is 0. The maximum absolute atomic E-state index is 11.5. The minimum absolute atomic E-state index is 0.104. The molecule has 0 N–H and O–H groups in total. The second kappa shape index (κ2) is 6.75. The van der Waals surface area contributed by atoms with Crippen molar-refractivity contribution in [1.82, 2.24) is 0 Å². The van der Waals surface area contributed by atoms with Crippen molar-refractivity contribution < 1.29 is 7.86 Å². The molecule has 0 aliphatic rings. The molecular weight excluding hydrogens is 363 g/mol. The first-order chi connectivity index (χ1) is 8.81. The van der Waals surface area contributed by atoms with E-state index < -0.39 is 20.2 Å². The molecule has 0 aliphatic heterocycles. The quantitative estimate of drug-likeness (QED) is 0.599. The maximum atomic E-state index is 11.5. The first kappa shape index (κ1) is 13.4. The number of hydrogen-bond donors (Lipinski definition) is 0. The Morgan fingerprint density at radius 2 is 1.39 bits per heavy atom. The van der Waals surface area contributed by atoms with E-state index in [2.05, 4.69) is 0 Å². The summed E-state index contributed by atoms with van der Waals surface area (Å²) in [4.78, 5) is 11.5. The van der Waals surface area contributed by atoms with Gasteiger partial charge in [-0.2, -0.15) is 0 Å². The normalized spacial score (nSPS) is 10.8. The summed E-state index contributed by atoms with van der Waals surface area (Å²) >= 11 is 3.36. The van der Waals surface area contributed by atoms with E-state index >= 15 is 0 Å². The molecule has 0 aliphatic carbocycles. The fourth-order valence-corrected chi connectivity index (χ4v) is 5.63. The van der Waals surface area contributed by atoms with Crippen LogP contribution in [0.1, 0.15) is 0 Å². The predicted octanol–water partition coefficient (Wildman–Crippen LogP) is 3.93. The van der Waals surface area contributed by atoms with Crippen LogP contribution in [0.2, 0.25) is 0 Å². The van der Waals surface area contributed by atoms with Gasteiger partial charge in [0, 0.05) is 0 Å². The molecular formula is C14H12ClIO2. The molecule has 0 amide bonds. The predicted molar refractivity (Wildman–Crippen MR) is 81.1 cm³/mol. The van der Waals surface area contributed by atoms with Crippen LogP contribution < -0.4 is 0 Å². The van der Waals surface area contributed by atoms with Gasteiger partial charge in [0.25, 0.3) is 0 Å². The Labute approximate surface area is 119 Å². The van der Waals surface area contributed by atoms with Gasteiger partial charge >= 0.3 is 119 Å². The van der Waals surface area contributed by atoms with Crippen LogP contribution in [0, 0.1) is 7.14 Å². The van der Waals surface area contributed by atoms with E-state index in [0.29, 0.717) is 0 Å². The Balaban J connectivity index is 2.32. The molecule has 2 rings (SSSR count). The van der Waals surface area contributed by atoms with E-state index in [0.717, 1.165) is 7.14 Å². The third-order valence-electron chi connectivity index (χ3n) is 2.13. The van der Waals surface area contributed by atoms with Crippen LogP contribution in [0.4, 0.5) is 0 Å². The Bertz CT molecular complexity index is 462. The Morgan fingerprint density at radius 3 is 1.78 bits per heavy atom. The van der Waals surface area contributed by atoms with Gasteiger partial charge in [0.05, 0.1) is 0 Å². The van der Waals surface area contributed by atoms with Gasteiger partial charge in [-0.15, -0.1) is 0 Å². The molecule has 2 aromatic rings. The van der Waals surface area contributed by atoms with Gasteiger partial charge in [0.1, 0.15) is 0 Å². The molecule has 0 bridgehead atoms. The van der Waals surface area contributed by atoms with E-state index in [1.165, 1.54) is 0 Å². The molecule has 0 fully saturated rings. The van der Waals surface area contributed by atoms with Gasteiger partial charge in [0.15, 0.2) is 0 Å². The van der Waals surface area contributed by atoms with Crippen LogP contribution in [0.15, 0.2) is 60.7 Å². The Kier molecular flexibility index (Phi) is 5.01. The molecule has 2 aromatic carbocycles. The summed E-state index contributed by atoms with van der Waals surface area (Å²) in [6, 6.07) is 19.7. The van der Waals surface area contributed by atoms with Crippen molar-refractivity contribution in [3.63, 3.8) is 0 Å². The topological polar surface area (TPSA) is 26.3 Å². The van der Waals surface area contributed by atoms with Crippen LogP contribution in [-0.2, 0) is 7.86 Å². The van der Waals surface area contributed by atoms with E-state index in [1.807, 2.05) is 60.7 Å². The molecule has 0 unspecified atom stereocenters. The number of rotatable bonds is 4. The van der Waals surface area contributed by atoms with Gasteiger partial charge in [0.2, 0.25) is 0 Å². The van der Waals surface area contributed by atoms with Crippen molar-refractivity contribution in [2.75, 3.05) is 5.88 Å². The average molecular weight is 375 g/mol. The first-order valence-corrected chi connectivity index (χ1v) is 8.96. The Hall–Kier alpha value is -1.07. The second-order valence-electron chi connectivity index (χ2n) is 3.42. The SMILES string of the molecule is O=C(CCl)OI(c1ccccc1)c1ccccc1. The van der Waals surface area contributed by atoms with Crippen molar-refractivity contribution in [1.29, 1.82) is 0 Å². The van der Waals surface area contributed by atoms with E-state index in [1.54, 1.807) is 0 Å². The standard InChI is InChI=1S/C14H12ClIO2/c15-11-14(17)18-16(12-7-3-1-4-8-12)13-9-5-2-6-10-13/h1-10H,11H2. The van der Waals surface area contributed by atoms with Gasteiger partial charge in [-0.25, -0.2) is 0 Å². The first-order valence-electron chi connectivity index (χ1n) is 5.38. The summed E-state index contributed by atoms with van der Waals surface area (Å²) in [5.74, 6) is -0.456. The number of alkyl halides is 1. The van der Waals surface area contributed by atoms with Gasteiger partial charge in [-0.05, 0) is 0 Å². The van der Waals surface area contributed by atoms with Crippen molar-refractivity contribution >= 4 is 37.8 Å². The van der Waals surface area contributed by atoms with Gasteiger partial charge < -0.3 is 0 Å². The van der Waals surface area contributed by atoms with Crippen molar-refractivity contribution in [2.45, 2.75) is 0 Å². The summed E-state index contributed by atoms with van der Waals surface area (Å²) in [6.07, 6.45) is 0. The zero-order valence-electron chi connectivity index (χ0n) is 9.55. The summed E-state index contributed by atoms with van der Waals surface area (Å²) < 4.78 is 7.74. The minimum atomic E-state index is -2.16. The van der Waals surface area contributed by atoms with Crippen LogP contribution in [0.5, 0.6) is 0 Å². The molecule has 94 valence electrons. The third-order valence-corrected chi connectivity index (χ3v) is 6.99. The van der Waals surface area contributed by atoms with E-state index in [-0.39, 0.29) is 11.8 Å².